The zero-order valence-corrected chi connectivity index (χ0v) is 10.4. The summed E-state index contributed by atoms with van der Waals surface area (Å²) in [5, 5.41) is -0.132. The van der Waals surface area contributed by atoms with Crippen LogP contribution in [0.2, 0.25) is 0 Å². The number of esters is 1. The fraction of sp³-hybridized carbons (Fsp3) is 0.200. The first-order chi connectivity index (χ1) is 7.13. The van der Waals surface area contributed by atoms with Gasteiger partial charge in [0, 0.05) is 10.0 Å². The minimum atomic E-state index is -0.398. The second-order valence-corrected chi connectivity index (χ2v) is 4.52. The van der Waals surface area contributed by atoms with Crippen molar-refractivity contribution >= 4 is 38.8 Å². The Balaban J connectivity index is 2.54. The number of carbonyl (C=O) groups is 2. The summed E-state index contributed by atoms with van der Waals surface area (Å²) in [7, 11) is 1.30. The van der Waals surface area contributed by atoms with Crippen LogP contribution in [0.25, 0.3) is 0 Å². The molecular formula is C10H9BrO3S. The van der Waals surface area contributed by atoms with Gasteiger partial charge in [0.25, 0.3) is 0 Å². The zero-order chi connectivity index (χ0) is 11.3. The van der Waals surface area contributed by atoms with Crippen LogP contribution in [0.1, 0.15) is 10.4 Å². The summed E-state index contributed by atoms with van der Waals surface area (Å²) in [5.41, 5.74) is 0.576. The maximum atomic E-state index is 11.5. The van der Waals surface area contributed by atoms with E-state index in [-0.39, 0.29) is 10.9 Å². The van der Waals surface area contributed by atoms with Crippen LogP contribution in [0.5, 0.6) is 0 Å². The van der Waals surface area contributed by atoms with E-state index in [1.165, 1.54) is 7.11 Å². The summed E-state index contributed by atoms with van der Waals surface area (Å²) < 4.78 is 5.35. The van der Waals surface area contributed by atoms with Crippen molar-refractivity contribution in [3.8, 4) is 0 Å². The van der Waals surface area contributed by atoms with Crippen molar-refractivity contribution in [3.05, 3.63) is 34.3 Å². The minimum Gasteiger partial charge on any atom is -0.468 e. The third kappa shape index (κ3) is 4.05. The minimum absolute atomic E-state index is 0.0470. The molecule has 0 aromatic heterocycles. The van der Waals surface area contributed by atoms with Crippen LogP contribution in [-0.2, 0) is 9.53 Å². The van der Waals surface area contributed by atoms with Crippen molar-refractivity contribution in [2.75, 3.05) is 12.9 Å². The molecule has 0 heterocycles. The standard InChI is InChI=1S/C10H9BrO3S/c1-14-9(12)6-15-10(13)7-2-4-8(11)5-3-7/h2-5H,6H2,1H3. The average molecular weight is 289 g/mol. The van der Waals surface area contributed by atoms with E-state index in [2.05, 4.69) is 20.7 Å². The average Bonchev–Trinajstić information content (AvgIpc) is 2.26. The first kappa shape index (κ1) is 12.3. The molecule has 0 amide bonds. The van der Waals surface area contributed by atoms with Gasteiger partial charge in [-0.3, -0.25) is 9.59 Å². The van der Waals surface area contributed by atoms with Gasteiger partial charge in [0.05, 0.1) is 12.9 Å². The van der Waals surface area contributed by atoms with Gasteiger partial charge < -0.3 is 4.74 Å². The van der Waals surface area contributed by atoms with Gasteiger partial charge in [-0.15, -0.1) is 0 Å². The highest BCUT2D eigenvalue weighted by molar-refractivity contribution is 9.10. The summed E-state index contributed by atoms with van der Waals surface area (Å²) in [6.45, 7) is 0. The van der Waals surface area contributed by atoms with E-state index in [0.29, 0.717) is 5.56 Å². The topological polar surface area (TPSA) is 43.4 Å². The molecule has 0 saturated heterocycles. The van der Waals surface area contributed by atoms with E-state index in [4.69, 9.17) is 0 Å². The van der Waals surface area contributed by atoms with E-state index in [9.17, 15) is 9.59 Å². The molecule has 0 atom stereocenters. The molecule has 15 heavy (non-hydrogen) atoms. The third-order valence-corrected chi connectivity index (χ3v) is 3.04. The summed E-state index contributed by atoms with van der Waals surface area (Å²) >= 11 is 4.22. The summed E-state index contributed by atoms with van der Waals surface area (Å²) in [5.74, 6) is -0.351. The Hall–Kier alpha value is -0.810. The maximum absolute atomic E-state index is 11.5. The van der Waals surface area contributed by atoms with Crippen LogP contribution in [0.3, 0.4) is 0 Å². The zero-order valence-electron chi connectivity index (χ0n) is 8.03. The number of hydrogen-bond acceptors (Lipinski definition) is 4. The molecule has 0 aliphatic rings. The summed E-state index contributed by atoms with van der Waals surface area (Å²) in [6.07, 6.45) is 0. The Morgan fingerprint density at radius 3 is 2.47 bits per heavy atom. The van der Waals surface area contributed by atoms with Gasteiger partial charge in [0.15, 0.2) is 0 Å². The normalized spacial score (nSPS) is 9.73. The van der Waals surface area contributed by atoms with E-state index < -0.39 is 5.97 Å². The Morgan fingerprint density at radius 2 is 1.93 bits per heavy atom. The largest absolute Gasteiger partial charge is 0.468 e. The number of ether oxygens (including phenoxy) is 1. The van der Waals surface area contributed by atoms with Gasteiger partial charge in [0.2, 0.25) is 5.12 Å². The van der Waals surface area contributed by atoms with Gasteiger partial charge in [-0.05, 0) is 24.3 Å². The lowest BCUT2D eigenvalue weighted by molar-refractivity contribution is -0.137. The second kappa shape index (κ2) is 5.92. The van der Waals surface area contributed by atoms with Gasteiger partial charge >= 0.3 is 5.97 Å². The predicted octanol–water partition coefficient (Wildman–Crippen LogP) is 2.50. The molecule has 1 aromatic carbocycles. The fourth-order valence-electron chi connectivity index (χ4n) is 0.853. The van der Waals surface area contributed by atoms with E-state index >= 15 is 0 Å². The third-order valence-electron chi connectivity index (χ3n) is 1.63. The number of rotatable bonds is 3. The molecule has 0 saturated carbocycles. The molecule has 0 N–H and O–H groups in total. The van der Waals surface area contributed by atoms with Crippen LogP contribution in [-0.4, -0.2) is 23.9 Å². The first-order valence-corrected chi connectivity index (χ1v) is 5.91. The monoisotopic (exact) mass is 288 g/mol. The highest BCUT2D eigenvalue weighted by Crippen LogP contribution is 2.16. The Bertz CT molecular complexity index is 361. The molecule has 0 bridgehead atoms. The number of carbonyl (C=O) groups excluding carboxylic acids is 2. The molecule has 0 aliphatic carbocycles. The predicted molar refractivity (Wildman–Crippen MR) is 62.9 cm³/mol. The number of thioether (sulfide) groups is 1. The fourth-order valence-corrected chi connectivity index (χ4v) is 1.79. The maximum Gasteiger partial charge on any atom is 0.316 e. The molecule has 3 nitrogen and oxygen atoms in total. The van der Waals surface area contributed by atoms with Crippen molar-refractivity contribution in [1.29, 1.82) is 0 Å². The Kier molecular flexibility index (Phi) is 4.84. The quantitative estimate of drug-likeness (QED) is 0.802. The first-order valence-electron chi connectivity index (χ1n) is 4.13. The van der Waals surface area contributed by atoms with E-state index in [0.717, 1.165) is 16.2 Å². The molecule has 0 fully saturated rings. The lowest BCUT2D eigenvalue weighted by Crippen LogP contribution is -2.06. The van der Waals surface area contributed by atoms with Crippen LogP contribution in [0.4, 0.5) is 0 Å². The van der Waals surface area contributed by atoms with Crippen LogP contribution in [0, 0.1) is 0 Å². The molecule has 1 aromatic rings. The lowest BCUT2D eigenvalue weighted by atomic mass is 10.2. The van der Waals surface area contributed by atoms with Crippen molar-refractivity contribution < 1.29 is 14.3 Å². The molecule has 0 aliphatic heterocycles. The van der Waals surface area contributed by atoms with Gasteiger partial charge in [-0.2, -0.15) is 0 Å². The Labute approximate surface area is 100 Å². The molecule has 80 valence electrons. The van der Waals surface area contributed by atoms with E-state index in [1.807, 2.05) is 0 Å². The van der Waals surface area contributed by atoms with Crippen LogP contribution in [0.15, 0.2) is 28.7 Å². The number of benzene rings is 1. The molecule has 1 rings (SSSR count). The summed E-state index contributed by atoms with van der Waals surface area (Å²) in [4.78, 5) is 22.3. The molecule has 5 heteroatoms. The second-order valence-electron chi connectivity index (χ2n) is 2.66. The molecular weight excluding hydrogens is 280 g/mol. The van der Waals surface area contributed by atoms with Gasteiger partial charge in [-0.1, -0.05) is 27.7 Å². The lowest BCUT2D eigenvalue weighted by Gasteiger charge is -2.00. The van der Waals surface area contributed by atoms with Crippen molar-refractivity contribution in [2.45, 2.75) is 0 Å². The van der Waals surface area contributed by atoms with Crippen molar-refractivity contribution in [3.63, 3.8) is 0 Å². The number of methoxy groups -OCH3 is 1. The van der Waals surface area contributed by atoms with E-state index in [1.54, 1.807) is 24.3 Å². The van der Waals surface area contributed by atoms with Gasteiger partial charge in [0.1, 0.15) is 0 Å². The van der Waals surface area contributed by atoms with Gasteiger partial charge in [-0.25, -0.2) is 0 Å². The molecule has 0 spiro atoms. The van der Waals surface area contributed by atoms with Crippen LogP contribution < -0.4 is 0 Å². The molecule has 0 unspecified atom stereocenters. The molecule has 0 radical (unpaired) electrons. The number of hydrogen-bond donors (Lipinski definition) is 0. The Morgan fingerprint density at radius 1 is 1.33 bits per heavy atom. The smallest absolute Gasteiger partial charge is 0.316 e. The highest BCUT2D eigenvalue weighted by Gasteiger charge is 2.09. The van der Waals surface area contributed by atoms with Crippen molar-refractivity contribution in [1.82, 2.24) is 0 Å². The van der Waals surface area contributed by atoms with Crippen LogP contribution >= 0.6 is 27.7 Å². The SMILES string of the molecule is COC(=O)CSC(=O)c1ccc(Br)cc1. The highest BCUT2D eigenvalue weighted by atomic mass is 79.9. The van der Waals surface area contributed by atoms with Crippen molar-refractivity contribution in [2.24, 2.45) is 0 Å². The summed E-state index contributed by atoms with van der Waals surface area (Å²) in [6, 6.07) is 6.98. The number of halogens is 1.